The summed E-state index contributed by atoms with van der Waals surface area (Å²) in [7, 11) is 0. The van der Waals surface area contributed by atoms with Crippen LogP contribution in [0.5, 0.6) is 0 Å². The van der Waals surface area contributed by atoms with Crippen LogP contribution in [-0.2, 0) is 5.41 Å². The molecule has 1 saturated carbocycles. The number of hydrogen-bond donors (Lipinski definition) is 2. The van der Waals surface area contributed by atoms with Crippen LogP contribution in [0.15, 0.2) is 18.2 Å². The first kappa shape index (κ1) is 15.6. The van der Waals surface area contributed by atoms with Gasteiger partial charge in [0.25, 0.3) is 0 Å². The molecule has 1 fully saturated rings. The van der Waals surface area contributed by atoms with Crippen LogP contribution in [0.2, 0.25) is 10.0 Å². The highest BCUT2D eigenvalue weighted by molar-refractivity contribution is 6.33. The van der Waals surface area contributed by atoms with Crippen molar-refractivity contribution in [1.82, 2.24) is 0 Å². The predicted molar refractivity (Wildman–Crippen MR) is 80.4 cm³/mol. The van der Waals surface area contributed by atoms with Gasteiger partial charge in [-0.3, -0.25) is 5.41 Å². The molecule has 1 aliphatic rings. The van der Waals surface area contributed by atoms with Crippen molar-refractivity contribution in [3.8, 4) is 0 Å². The number of hydrogen-bond acceptors (Lipinski definition) is 1. The highest BCUT2D eigenvalue weighted by Gasteiger charge is 2.37. The molecule has 1 aliphatic carbocycles. The molecule has 0 spiro atoms. The summed E-state index contributed by atoms with van der Waals surface area (Å²) in [5, 5.41) is 8.99. The molecule has 2 nitrogen and oxygen atoms in total. The van der Waals surface area contributed by atoms with E-state index in [1.807, 2.05) is 12.1 Å². The molecule has 0 aliphatic heterocycles. The van der Waals surface area contributed by atoms with Crippen molar-refractivity contribution in [2.75, 3.05) is 0 Å². The largest absolute Gasteiger partial charge is 0.388 e. The van der Waals surface area contributed by atoms with E-state index in [1.165, 1.54) is 0 Å². The van der Waals surface area contributed by atoms with Gasteiger partial charge in [-0.1, -0.05) is 36.0 Å². The second kappa shape index (κ2) is 6.14. The highest BCUT2D eigenvalue weighted by atomic mass is 35.5. The minimum Gasteiger partial charge on any atom is -0.388 e. The maximum absolute atomic E-state index is 7.56. The van der Waals surface area contributed by atoms with Crippen LogP contribution in [0.1, 0.15) is 37.7 Å². The van der Waals surface area contributed by atoms with Gasteiger partial charge in [0.2, 0.25) is 0 Å². The smallest absolute Gasteiger partial charge is 0.0914 e. The molecule has 3 N–H and O–H groups in total. The molecule has 0 unspecified atom stereocenters. The van der Waals surface area contributed by atoms with Crippen molar-refractivity contribution in [3.63, 3.8) is 0 Å². The van der Waals surface area contributed by atoms with Crippen LogP contribution in [0.4, 0.5) is 0 Å². The second-order valence-corrected chi connectivity index (χ2v) is 5.66. The van der Waals surface area contributed by atoms with E-state index >= 15 is 0 Å². The van der Waals surface area contributed by atoms with Crippen LogP contribution in [-0.4, -0.2) is 5.84 Å². The maximum Gasteiger partial charge on any atom is 0.0914 e. The number of halogens is 3. The molecule has 5 heteroatoms. The molecule has 18 heavy (non-hydrogen) atoms. The Labute approximate surface area is 124 Å². The summed E-state index contributed by atoms with van der Waals surface area (Å²) >= 11 is 12.3. The van der Waals surface area contributed by atoms with Crippen molar-refractivity contribution >= 4 is 41.4 Å². The summed E-state index contributed by atoms with van der Waals surface area (Å²) in [6, 6.07) is 5.56. The molecular formula is C13H17Cl3N2. The summed E-state index contributed by atoms with van der Waals surface area (Å²) in [5.74, 6) is 0.225. The Bertz CT molecular complexity index is 440. The Morgan fingerprint density at radius 3 is 2.44 bits per heavy atom. The molecular weight excluding hydrogens is 291 g/mol. The molecule has 1 aromatic rings. The molecule has 0 bridgehead atoms. The van der Waals surface area contributed by atoms with E-state index in [0.29, 0.717) is 11.4 Å². The minimum atomic E-state index is -0.0756. The van der Waals surface area contributed by atoms with Crippen LogP contribution < -0.4 is 5.73 Å². The van der Waals surface area contributed by atoms with Gasteiger partial charge in [0, 0.05) is 21.9 Å². The lowest BCUT2D eigenvalue weighted by molar-refractivity contribution is 0.457. The van der Waals surface area contributed by atoms with E-state index in [-0.39, 0.29) is 23.7 Å². The van der Waals surface area contributed by atoms with Crippen LogP contribution in [0.3, 0.4) is 0 Å². The van der Waals surface area contributed by atoms with Gasteiger partial charge in [-0.15, -0.1) is 12.4 Å². The fourth-order valence-electron chi connectivity index (χ4n) is 2.86. The Kier molecular flexibility index (Phi) is 5.32. The number of nitrogens with one attached hydrogen (secondary N) is 1. The normalized spacial score (nSPS) is 17.2. The molecule has 0 saturated heterocycles. The lowest BCUT2D eigenvalue weighted by Gasteiger charge is -2.30. The third-order valence-corrected chi connectivity index (χ3v) is 4.15. The van der Waals surface area contributed by atoms with Crippen molar-refractivity contribution < 1.29 is 0 Å². The van der Waals surface area contributed by atoms with Crippen LogP contribution in [0.25, 0.3) is 0 Å². The van der Waals surface area contributed by atoms with Gasteiger partial charge in [0.15, 0.2) is 0 Å². The fraction of sp³-hybridized carbons (Fsp3) is 0.462. The van der Waals surface area contributed by atoms with E-state index in [9.17, 15) is 0 Å². The van der Waals surface area contributed by atoms with Gasteiger partial charge in [-0.05, 0) is 36.6 Å². The lowest BCUT2D eigenvalue weighted by Crippen LogP contribution is -2.29. The Morgan fingerprint density at radius 2 is 1.89 bits per heavy atom. The van der Waals surface area contributed by atoms with Gasteiger partial charge < -0.3 is 5.73 Å². The van der Waals surface area contributed by atoms with Gasteiger partial charge in [-0.25, -0.2) is 0 Å². The molecule has 0 amide bonds. The number of benzene rings is 1. The second-order valence-electron chi connectivity index (χ2n) is 4.81. The highest BCUT2D eigenvalue weighted by Crippen LogP contribution is 2.46. The quantitative estimate of drug-likeness (QED) is 0.624. The zero-order valence-electron chi connectivity index (χ0n) is 10.0. The monoisotopic (exact) mass is 306 g/mol. The van der Waals surface area contributed by atoms with E-state index in [0.717, 1.165) is 36.3 Å². The summed E-state index contributed by atoms with van der Waals surface area (Å²) in [6.07, 6.45) is 4.97. The third-order valence-electron chi connectivity index (χ3n) is 3.59. The average molecular weight is 308 g/mol. The van der Waals surface area contributed by atoms with Crippen molar-refractivity contribution in [2.24, 2.45) is 5.73 Å². The topological polar surface area (TPSA) is 49.9 Å². The van der Waals surface area contributed by atoms with E-state index in [1.54, 1.807) is 6.07 Å². The van der Waals surface area contributed by atoms with Crippen LogP contribution in [0, 0.1) is 5.41 Å². The van der Waals surface area contributed by atoms with E-state index in [2.05, 4.69) is 0 Å². The number of rotatable bonds is 3. The Morgan fingerprint density at radius 1 is 1.28 bits per heavy atom. The molecule has 0 radical (unpaired) electrons. The molecule has 100 valence electrons. The minimum absolute atomic E-state index is 0. The van der Waals surface area contributed by atoms with Crippen molar-refractivity contribution in [1.29, 1.82) is 5.41 Å². The Balaban J connectivity index is 0.00000162. The number of amidine groups is 1. The zero-order valence-corrected chi connectivity index (χ0v) is 12.3. The molecule has 2 rings (SSSR count). The summed E-state index contributed by atoms with van der Waals surface area (Å²) in [5.41, 5.74) is 6.57. The van der Waals surface area contributed by atoms with Gasteiger partial charge in [0.1, 0.15) is 0 Å². The first-order valence-corrected chi connectivity index (χ1v) is 6.57. The fourth-order valence-corrected chi connectivity index (χ4v) is 3.35. The van der Waals surface area contributed by atoms with E-state index in [4.69, 9.17) is 34.3 Å². The zero-order chi connectivity index (χ0) is 12.5. The summed E-state index contributed by atoms with van der Waals surface area (Å²) < 4.78 is 0. The first-order chi connectivity index (χ1) is 8.03. The van der Waals surface area contributed by atoms with Crippen LogP contribution >= 0.6 is 35.6 Å². The molecule has 0 heterocycles. The van der Waals surface area contributed by atoms with Gasteiger partial charge in [0.05, 0.1) is 5.84 Å². The summed E-state index contributed by atoms with van der Waals surface area (Å²) in [4.78, 5) is 0. The predicted octanol–water partition coefficient (Wildman–Crippen LogP) is 4.55. The third kappa shape index (κ3) is 3.11. The van der Waals surface area contributed by atoms with Crippen molar-refractivity contribution in [3.05, 3.63) is 33.8 Å². The summed E-state index contributed by atoms with van der Waals surface area (Å²) in [6.45, 7) is 0. The van der Waals surface area contributed by atoms with Crippen molar-refractivity contribution in [2.45, 2.75) is 37.5 Å². The maximum atomic E-state index is 7.56. The molecule has 1 aromatic carbocycles. The average Bonchev–Trinajstić information content (AvgIpc) is 2.70. The molecule has 0 aromatic heterocycles. The number of nitrogens with two attached hydrogens (primary N) is 1. The molecule has 0 atom stereocenters. The van der Waals surface area contributed by atoms with Gasteiger partial charge in [-0.2, -0.15) is 0 Å². The Hall–Kier alpha value is -0.440. The van der Waals surface area contributed by atoms with Gasteiger partial charge >= 0.3 is 0 Å². The first-order valence-electron chi connectivity index (χ1n) is 5.82. The standard InChI is InChI=1S/C13H16Cl2N2.ClH/c14-9-3-4-11(15)10(7-9)13(8-12(16)17)5-1-2-6-13;/h3-4,7H,1-2,5-6,8H2,(H3,16,17);1H. The SMILES string of the molecule is Cl.N=C(N)CC1(c2cc(Cl)ccc2Cl)CCCC1. The van der Waals surface area contributed by atoms with E-state index < -0.39 is 0 Å². The lowest BCUT2D eigenvalue weighted by atomic mass is 9.76.